The Morgan fingerprint density at radius 2 is 2.17 bits per heavy atom. The van der Waals surface area contributed by atoms with Crippen LogP contribution in [0.25, 0.3) is 0 Å². The van der Waals surface area contributed by atoms with Crippen LogP contribution in [0, 0.1) is 11.3 Å². The summed E-state index contributed by atoms with van der Waals surface area (Å²) in [5.41, 5.74) is 0.431. The van der Waals surface area contributed by atoms with Crippen molar-refractivity contribution in [2.24, 2.45) is 11.3 Å². The Morgan fingerprint density at radius 1 is 1.83 bits per heavy atom. The summed E-state index contributed by atoms with van der Waals surface area (Å²) < 4.78 is 0. The van der Waals surface area contributed by atoms with Gasteiger partial charge >= 0.3 is 0 Å². The van der Waals surface area contributed by atoms with Crippen LogP contribution in [0.4, 0.5) is 0 Å². The summed E-state index contributed by atoms with van der Waals surface area (Å²) in [6.07, 6.45) is 1.38. The van der Waals surface area contributed by atoms with Crippen LogP contribution in [0.2, 0.25) is 0 Å². The van der Waals surface area contributed by atoms with Crippen LogP contribution in [0.5, 0.6) is 0 Å². The van der Waals surface area contributed by atoms with E-state index in [1.807, 2.05) is 0 Å². The highest BCUT2D eigenvalue weighted by Crippen LogP contribution is 2.74. The number of rotatable bonds is 0. The molecule has 0 saturated heterocycles. The molecule has 0 bridgehead atoms. The van der Waals surface area contributed by atoms with Crippen LogP contribution in [0.3, 0.4) is 0 Å². The lowest BCUT2D eigenvalue weighted by Crippen LogP contribution is -1.97. The molecule has 2 saturated carbocycles. The molecule has 1 N–H and O–H groups in total. The molecule has 2 fully saturated rings. The summed E-state index contributed by atoms with van der Waals surface area (Å²) in [7, 11) is 0. The number of aliphatic hydroxyl groups excluding tert-OH is 1. The van der Waals surface area contributed by atoms with Gasteiger partial charge in [-0.1, -0.05) is 6.92 Å². The van der Waals surface area contributed by atoms with Gasteiger partial charge in [-0.15, -0.1) is 0 Å². The van der Waals surface area contributed by atoms with Crippen LogP contribution in [-0.4, -0.2) is 11.2 Å². The maximum Gasteiger partial charge on any atom is 0.0632 e. The van der Waals surface area contributed by atoms with E-state index in [0.29, 0.717) is 5.41 Å². The van der Waals surface area contributed by atoms with E-state index >= 15 is 0 Å². The van der Waals surface area contributed by atoms with Gasteiger partial charge < -0.3 is 5.11 Å². The minimum absolute atomic E-state index is 0.0949. The topological polar surface area (TPSA) is 20.2 Å². The van der Waals surface area contributed by atoms with E-state index in [1.54, 1.807) is 0 Å². The van der Waals surface area contributed by atoms with E-state index < -0.39 is 0 Å². The standard InChI is InChI=1S/C5H8O/c1-5-2-3(5)4(5)6/h3-4,6H,2H2,1H3/t3?,4-,5?/m1/s1. The smallest absolute Gasteiger partial charge is 0.0632 e. The van der Waals surface area contributed by atoms with E-state index in [4.69, 9.17) is 5.11 Å². The van der Waals surface area contributed by atoms with Gasteiger partial charge in [0.2, 0.25) is 0 Å². The maximum absolute atomic E-state index is 8.74. The third-order valence-corrected chi connectivity index (χ3v) is 2.29. The number of hydrogen-bond donors (Lipinski definition) is 1. The van der Waals surface area contributed by atoms with Gasteiger partial charge in [-0.2, -0.15) is 0 Å². The average molecular weight is 84.1 g/mol. The molecule has 1 heteroatoms. The summed E-state index contributed by atoms with van der Waals surface area (Å²) >= 11 is 0. The van der Waals surface area contributed by atoms with E-state index in [1.165, 1.54) is 6.42 Å². The highest BCUT2D eigenvalue weighted by atomic mass is 16.3. The van der Waals surface area contributed by atoms with Crippen molar-refractivity contribution < 1.29 is 5.11 Å². The van der Waals surface area contributed by atoms with Gasteiger partial charge in [0.05, 0.1) is 6.10 Å². The first-order valence-corrected chi connectivity index (χ1v) is 2.43. The van der Waals surface area contributed by atoms with Gasteiger partial charge in [0.1, 0.15) is 0 Å². The Bertz CT molecular complexity index is 94.1. The van der Waals surface area contributed by atoms with Crippen LogP contribution < -0.4 is 0 Å². The SMILES string of the molecule is CC12CC1[C@H]2O. The molecule has 2 unspecified atom stereocenters. The highest BCUT2D eigenvalue weighted by Gasteiger charge is 2.75. The van der Waals surface area contributed by atoms with Crippen molar-refractivity contribution in [3.05, 3.63) is 0 Å². The lowest BCUT2D eigenvalue weighted by atomic mass is 10.2. The highest BCUT2D eigenvalue weighted by molar-refractivity contribution is 5.24. The number of aliphatic hydroxyl groups is 1. The second-order valence-corrected chi connectivity index (χ2v) is 2.76. The lowest BCUT2D eigenvalue weighted by molar-refractivity contribution is 0.195. The van der Waals surface area contributed by atoms with Crippen LogP contribution in [-0.2, 0) is 0 Å². The Morgan fingerprint density at radius 3 is 2.17 bits per heavy atom. The molecule has 34 valence electrons. The molecular formula is C5H8O. The molecule has 0 aromatic rings. The lowest BCUT2D eigenvalue weighted by Gasteiger charge is -1.93. The molecule has 0 aromatic carbocycles. The van der Waals surface area contributed by atoms with Gasteiger partial charge in [0, 0.05) is 0 Å². The Labute approximate surface area is 37.0 Å². The molecule has 0 aliphatic heterocycles. The first kappa shape index (κ1) is 3.03. The van der Waals surface area contributed by atoms with Gasteiger partial charge in [0.25, 0.3) is 0 Å². The zero-order valence-corrected chi connectivity index (χ0v) is 3.81. The normalized spacial score (nSPS) is 73.0. The molecule has 0 amide bonds. The first-order chi connectivity index (χ1) is 2.75. The molecule has 1 nitrogen and oxygen atoms in total. The molecule has 0 heterocycles. The fraction of sp³-hybridized carbons (Fsp3) is 1.00. The van der Waals surface area contributed by atoms with Gasteiger partial charge in [-0.3, -0.25) is 0 Å². The molecule has 3 atom stereocenters. The maximum atomic E-state index is 8.74. The molecule has 0 spiro atoms. The fourth-order valence-corrected chi connectivity index (χ4v) is 1.12. The van der Waals surface area contributed by atoms with Crippen molar-refractivity contribution in [2.45, 2.75) is 19.4 Å². The van der Waals surface area contributed by atoms with E-state index in [9.17, 15) is 0 Å². The van der Waals surface area contributed by atoms with Gasteiger partial charge in [-0.05, 0) is 17.8 Å². The molecule has 0 aromatic heterocycles. The first-order valence-electron chi connectivity index (χ1n) is 2.43. The monoisotopic (exact) mass is 84.1 g/mol. The molecular weight excluding hydrogens is 76.1 g/mol. The van der Waals surface area contributed by atoms with Crippen molar-refractivity contribution >= 4 is 0 Å². The third kappa shape index (κ3) is 0.121. The molecule has 0 radical (unpaired) electrons. The predicted octanol–water partition coefficient (Wildman–Crippen LogP) is 0.387. The van der Waals surface area contributed by atoms with Crippen molar-refractivity contribution in [3.8, 4) is 0 Å². The van der Waals surface area contributed by atoms with E-state index in [-0.39, 0.29) is 6.10 Å². The zero-order chi connectivity index (χ0) is 4.36. The zero-order valence-electron chi connectivity index (χ0n) is 3.81. The second kappa shape index (κ2) is 0.463. The van der Waals surface area contributed by atoms with Crippen LogP contribution >= 0.6 is 0 Å². The Balaban J connectivity index is 2.23. The van der Waals surface area contributed by atoms with Crippen LogP contribution in [0.1, 0.15) is 13.3 Å². The predicted molar refractivity (Wildman–Crippen MR) is 22.2 cm³/mol. The Hall–Kier alpha value is -0.0400. The second-order valence-electron chi connectivity index (χ2n) is 2.76. The quantitative estimate of drug-likeness (QED) is 0.450. The van der Waals surface area contributed by atoms with E-state index in [2.05, 4.69) is 6.92 Å². The summed E-state index contributed by atoms with van der Waals surface area (Å²) in [5.74, 6) is 0.720. The van der Waals surface area contributed by atoms with Crippen molar-refractivity contribution in [1.29, 1.82) is 0 Å². The molecule has 6 heavy (non-hydrogen) atoms. The largest absolute Gasteiger partial charge is 0.392 e. The number of fused-ring (bicyclic) bond motifs is 1. The number of hydrogen-bond acceptors (Lipinski definition) is 1. The summed E-state index contributed by atoms with van der Waals surface area (Å²) in [4.78, 5) is 0. The van der Waals surface area contributed by atoms with Gasteiger partial charge in [0.15, 0.2) is 0 Å². The third-order valence-electron chi connectivity index (χ3n) is 2.29. The molecule has 2 aliphatic carbocycles. The van der Waals surface area contributed by atoms with Crippen molar-refractivity contribution in [2.75, 3.05) is 0 Å². The molecule has 2 aliphatic rings. The summed E-state index contributed by atoms with van der Waals surface area (Å²) in [5, 5.41) is 8.74. The minimum Gasteiger partial charge on any atom is -0.392 e. The Kier molecular flexibility index (Phi) is 0.234. The van der Waals surface area contributed by atoms with E-state index in [0.717, 1.165) is 5.92 Å². The average Bonchev–Trinajstić information content (AvgIpc) is 2.24. The van der Waals surface area contributed by atoms with Crippen LogP contribution in [0.15, 0.2) is 0 Å². The fourth-order valence-electron chi connectivity index (χ4n) is 1.12. The van der Waals surface area contributed by atoms with Gasteiger partial charge in [-0.25, -0.2) is 0 Å². The molecule has 2 rings (SSSR count). The van der Waals surface area contributed by atoms with Crippen molar-refractivity contribution in [1.82, 2.24) is 0 Å². The summed E-state index contributed by atoms with van der Waals surface area (Å²) in [6.45, 7) is 2.14. The van der Waals surface area contributed by atoms with Crippen molar-refractivity contribution in [3.63, 3.8) is 0 Å². The minimum atomic E-state index is 0.0949. The summed E-state index contributed by atoms with van der Waals surface area (Å²) in [6, 6.07) is 0.